The zero-order valence-corrected chi connectivity index (χ0v) is 12.6. The van der Waals surface area contributed by atoms with Crippen LogP contribution in [0.3, 0.4) is 0 Å². The van der Waals surface area contributed by atoms with Gasteiger partial charge in [-0.05, 0) is 30.4 Å². The van der Waals surface area contributed by atoms with Crippen LogP contribution in [0.25, 0.3) is 4.96 Å². The fourth-order valence-corrected chi connectivity index (χ4v) is 4.59. The summed E-state index contributed by atoms with van der Waals surface area (Å²) < 4.78 is 1.88. The summed E-state index contributed by atoms with van der Waals surface area (Å²) in [7, 11) is 0. The van der Waals surface area contributed by atoms with Gasteiger partial charge in [0.1, 0.15) is 5.69 Å². The van der Waals surface area contributed by atoms with Gasteiger partial charge >= 0.3 is 0 Å². The Bertz CT molecular complexity index is 785. The fourth-order valence-electron chi connectivity index (χ4n) is 2.91. The van der Waals surface area contributed by atoms with Gasteiger partial charge in [-0.25, -0.2) is 4.98 Å². The highest BCUT2D eigenvalue weighted by Gasteiger charge is 2.29. The number of thiazole rings is 1. The molecule has 3 aromatic rings. The lowest BCUT2D eigenvalue weighted by molar-refractivity contribution is 0.111. The van der Waals surface area contributed by atoms with Crippen LogP contribution >= 0.6 is 22.7 Å². The third-order valence-corrected chi connectivity index (χ3v) is 5.69. The molecule has 1 aliphatic rings. The van der Waals surface area contributed by atoms with Crippen LogP contribution in [0.1, 0.15) is 33.9 Å². The Hall–Kier alpha value is -1.66. The van der Waals surface area contributed by atoms with E-state index in [9.17, 15) is 4.79 Å². The van der Waals surface area contributed by atoms with Gasteiger partial charge < -0.3 is 4.90 Å². The van der Waals surface area contributed by atoms with Crippen molar-refractivity contribution in [3.63, 3.8) is 0 Å². The number of carbonyl (C=O) groups is 1. The predicted octanol–water partition coefficient (Wildman–Crippen LogP) is 3.39. The number of hydrogen-bond acceptors (Lipinski definition) is 5. The Morgan fingerprint density at radius 1 is 1.40 bits per heavy atom. The van der Waals surface area contributed by atoms with E-state index in [-0.39, 0.29) is 6.04 Å². The summed E-state index contributed by atoms with van der Waals surface area (Å²) in [5.74, 6) is 0.816. The molecule has 1 aliphatic heterocycles. The van der Waals surface area contributed by atoms with Crippen LogP contribution < -0.4 is 4.90 Å². The second-order valence-corrected chi connectivity index (χ2v) is 6.79. The van der Waals surface area contributed by atoms with Crippen molar-refractivity contribution >= 4 is 39.7 Å². The average Bonchev–Trinajstić information content (AvgIpc) is 3.13. The molecule has 4 heterocycles. The van der Waals surface area contributed by atoms with Crippen molar-refractivity contribution in [3.05, 3.63) is 39.2 Å². The molecular formula is C14H13N3OS2. The smallest absolute Gasteiger partial charge is 0.196 e. The number of aldehydes is 1. The first-order chi connectivity index (χ1) is 9.79. The number of aromatic nitrogens is 2. The van der Waals surface area contributed by atoms with E-state index in [2.05, 4.69) is 28.3 Å². The summed E-state index contributed by atoms with van der Waals surface area (Å²) in [6.07, 6.45) is 3.85. The molecule has 0 bridgehead atoms. The van der Waals surface area contributed by atoms with Crippen molar-refractivity contribution < 1.29 is 4.79 Å². The number of anilines is 1. The van der Waals surface area contributed by atoms with E-state index in [1.54, 1.807) is 11.3 Å². The van der Waals surface area contributed by atoms with Crippen LogP contribution in [0.15, 0.2) is 23.0 Å². The zero-order valence-electron chi connectivity index (χ0n) is 10.9. The Morgan fingerprint density at radius 3 is 3.15 bits per heavy atom. The molecule has 0 spiro atoms. The molecule has 1 unspecified atom stereocenters. The minimum atomic E-state index is 0.272. The Morgan fingerprint density at radius 2 is 2.30 bits per heavy atom. The normalized spacial score (nSPS) is 18.4. The molecule has 0 radical (unpaired) electrons. The molecule has 4 rings (SSSR count). The zero-order chi connectivity index (χ0) is 13.7. The van der Waals surface area contributed by atoms with Gasteiger partial charge in [0, 0.05) is 23.0 Å². The highest BCUT2D eigenvalue weighted by molar-refractivity contribution is 7.15. The van der Waals surface area contributed by atoms with Crippen molar-refractivity contribution in [2.24, 2.45) is 0 Å². The summed E-state index contributed by atoms with van der Waals surface area (Å²) in [6.45, 7) is 3.10. The van der Waals surface area contributed by atoms with Gasteiger partial charge in [0.15, 0.2) is 17.1 Å². The van der Waals surface area contributed by atoms with Gasteiger partial charge in [-0.3, -0.25) is 9.20 Å². The van der Waals surface area contributed by atoms with Crippen molar-refractivity contribution in [1.82, 2.24) is 9.38 Å². The number of hydrogen-bond donors (Lipinski definition) is 0. The molecule has 0 saturated heterocycles. The Labute approximate surface area is 124 Å². The summed E-state index contributed by atoms with van der Waals surface area (Å²) >= 11 is 3.38. The second-order valence-electron chi connectivity index (χ2n) is 4.91. The third-order valence-electron chi connectivity index (χ3n) is 3.94. The molecule has 0 aliphatic carbocycles. The second kappa shape index (κ2) is 4.43. The molecule has 0 fully saturated rings. The molecule has 6 heteroatoms. The van der Waals surface area contributed by atoms with E-state index in [1.165, 1.54) is 10.4 Å². The standard InChI is InChI=1S/C14H13N3OS2/c1-9-10-3-6-19-12(10)2-4-16(9)13-11(8-18)17-5-7-20-14(17)15-13/h3,5-9H,2,4H2,1H3. The lowest BCUT2D eigenvalue weighted by Gasteiger charge is -2.34. The van der Waals surface area contributed by atoms with Crippen LogP contribution in [-0.4, -0.2) is 22.2 Å². The van der Waals surface area contributed by atoms with E-state index in [1.807, 2.05) is 27.3 Å². The van der Waals surface area contributed by atoms with Gasteiger partial charge in [0.25, 0.3) is 0 Å². The topological polar surface area (TPSA) is 37.6 Å². The lowest BCUT2D eigenvalue weighted by atomic mass is 10.0. The maximum absolute atomic E-state index is 11.5. The minimum Gasteiger partial charge on any atom is -0.348 e. The molecule has 0 amide bonds. The van der Waals surface area contributed by atoms with Gasteiger partial charge in [-0.1, -0.05) is 0 Å². The average molecular weight is 303 g/mol. The SMILES string of the molecule is CC1c2ccsc2CCN1c1nc2sccn2c1C=O. The highest BCUT2D eigenvalue weighted by atomic mass is 32.1. The van der Waals surface area contributed by atoms with Gasteiger partial charge in [0.2, 0.25) is 0 Å². The van der Waals surface area contributed by atoms with E-state index in [0.717, 1.165) is 30.0 Å². The van der Waals surface area contributed by atoms with Crippen molar-refractivity contribution in [1.29, 1.82) is 0 Å². The summed E-state index contributed by atoms with van der Waals surface area (Å²) in [4.78, 5) is 20.7. The van der Waals surface area contributed by atoms with Gasteiger partial charge in [-0.2, -0.15) is 0 Å². The monoisotopic (exact) mass is 303 g/mol. The van der Waals surface area contributed by atoms with Crippen molar-refractivity contribution in [2.75, 3.05) is 11.4 Å². The number of rotatable bonds is 2. The first-order valence-corrected chi connectivity index (χ1v) is 8.29. The van der Waals surface area contributed by atoms with Crippen molar-refractivity contribution in [3.8, 4) is 0 Å². The number of fused-ring (bicyclic) bond motifs is 2. The number of thiophene rings is 1. The fraction of sp³-hybridized carbons (Fsp3) is 0.286. The quantitative estimate of drug-likeness (QED) is 0.681. The Balaban J connectivity index is 1.84. The van der Waals surface area contributed by atoms with Gasteiger partial charge in [0.05, 0.1) is 6.04 Å². The molecular weight excluding hydrogens is 290 g/mol. The van der Waals surface area contributed by atoms with Crippen LogP contribution in [-0.2, 0) is 6.42 Å². The molecule has 0 N–H and O–H groups in total. The van der Waals surface area contributed by atoms with Crippen LogP contribution in [0.5, 0.6) is 0 Å². The van der Waals surface area contributed by atoms with Crippen LogP contribution in [0.4, 0.5) is 5.82 Å². The predicted molar refractivity (Wildman–Crippen MR) is 82.2 cm³/mol. The molecule has 1 atom stereocenters. The summed E-state index contributed by atoms with van der Waals surface area (Å²) in [6, 6.07) is 2.46. The van der Waals surface area contributed by atoms with Crippen molar-refractivity contribution in [2.45, 2.75) is 19.4 Å². The number of imidazole rings is 1. The first kappa shape index (κ1) is 12.1. The van der Waals surface area contributed by atoms with Crippen LogP contribution in [0, 0.1) is 0 Å². The molecule has 0 saturated carbocycles. The highest BCUT2D eigenvalue weighted by Crippen LogP contribution is 2.37. The van der Waals surface area contributed by atoms with E-state index >= 15 is 0 Å². The van der Waals surface area contributed by atoms with E-state index < -0.39 is 0 Å². The maximum atomic E-state index is 11.5. The van der Waals surface area contributed by atoms with E-state index in [4.69, 9.17) is 0 Å². The molecule has 4 nitrogen and oxygen atoms in total. The molecule has 20 heavy (non-hydrogen) atoms. The lowest BCUT2D eigenvalue weighted by Crippen LogP contribution is -2.34. The largest absolute Gasteiger partial charge is 0.348 e. The first-order valence-electron chi connectivity index (χ1n) is 6.53. The maximum Gasteiger partial charge on any atom is 0.196 e. The van der Waals surface area contributed by atoms with Crippen LogP contribution in [0.2, 0.25) is 0 Å². The third kappa shape index (κ3) is 1.58. The van der Waals surface area contributed by atoms with Gasteiger partial charge in [-0.15, -0.1) is 22.7 Å². The number of nitrogens with zero attached hydrogens (tertiary/aromatic N) is 3. The minimum absolute atomic E-state index is 0.272. The van der Waals surface area contributed by atoms with E-state index in [0.29, 0.717) is 5.69 Å². The summed E-state index contributed by atoms with van der Waals surface area (Å²) in [5.41, 5.74) is 2.03. The molecule has 0 aromatic carbocycles. The Kier molecular flexibility index (Phi) is 2.68. The molecule has 3 aromatic heterocycles. The summed E-state index contributed by atoms with van der Waals surface area (Å²) in [5, 5.41) is 4.10. The molecule has 102 valence electrons. The number of carbonyl (C=O) groups excluding carboxylic acids is 1.